The van der Waals surface area contributed by atoms with Crippen LogP contribution in [0.15, 0.2) is 18.2 Å². The number of methoxy groups -OCH3 is 3. The van der Waals surface area contributed by atoms with E-state index < -0.39 is 18.0 Å². The fourth-order valence-corrected chi connectivity index (χ4v) is 7.64. The van der Waals surface area contributed by atoms with E-state index in [-0.39, 0.29) is 48.5 Å². The van der Waals surface area contributed by atoms with Crippen molar-refractivity contribution in [1.29, 1.82) is 0 Å². The molecule has 0 unspecified atom stereocenters. The Labute approximate surface area is 339 Å². The van der Waals surface area contributed by atoms with Gasteiger partial charge in [0.2, 0.25) is 0 Å². The Bertz CT molecular complexity index is 2230. The Kier molecular flexibility index (Phi) is 14.9. The number of hydrogen-bond donors (Lipinski definition) is 3. The summed E-state index contributed by atoms with van der Waals surface area (Å²) in [6, 6.07) is 5.87. The predicted octanol–water partition coefficient (Wildman–Crippen LogP) is 7.59. The standard InChI is InChI=1S/C44H57N5O9/c1-10-12-17-57-18-13-16-45-44(53)58-23-31-26(5)32-20-34-25(4)29(14-15-38(50)54-7)41(48-34)30(19-39(51)55-8)42-40(43(52)56-9)27(6)35(49-42)22-36-28(11-2)24(3)33(46-36)21-37(31)47-32/h20-22,25,29,46-47H,10-19,23H2,1-9H3,(H,45,53)/t25-,29-/m0/s1. The molecule has 5 heterocycles. The van der Waals surface area contributed by atoms with Crippen molar-refractivity contribution in [1.82, 2.24) is 25.3 Å². The molecule has 0 fully saturated rings. The number of allylic oxidation sites excluding steroid dienone is 1. The summed E-state index contributed by atoms with van der Waals surface area (Å²) >= 11 is 0. The van der Waals surface area contributed by atoms with Gasteiger partial charge in [-0.2, -0.15) is 0 Å². The molecule has 0 spiro atoms. The fourth-order valence-electron chi connectivity index (χ4n) is 7.64. The number of H-pyrrole nitrogens is 2. The number of fused-ring (bicyclic) bond motifs is 8. The van der Waals surface area contributed by atoms with Crippen molar-refractivity contribution in [3.8, 4) is 0 Å². The highest BCUT2D eigenvalue weighted by atomic mass is 16.5. The van der Waals surface area contributed by atoms with Crippen molar-refractivity contribution in [2.45, 2.75) is 105 Å². The molecule has 14 nitrogen and oxygen atoms in total. The number of esters is 3. The molecule has 58 heavy (non-hydrogen) atoms. The van der Waals surface area contributed by atoms with Gasteiger partial charge >= 0.3 is 24.0 Å². The molecule has 1 amide bonds. The lowest BCUT2D eigenvalue weighted by Crippen LogP contribution is -2.26. The molecule has 14 heteroatoms. The zero-order valence-corrected chi connectivity index (χ0v) is 35.2. The van der Waals surface area contributed by atoms with Crippen LogP contribution in [0, 0.1) is 13.8 Å². The number of nitrogens with one attached hydrogen (secondary N) is 3. The zero-order chi connectivity index (χ0) is 42.1. The van der Waals surface area contributed by atoms with Gasteiger partial charge in [0.05, 0.1) is 50.4 Å². The van der Waals surface area contributed by atoms with Crippen LogP contribution in [0.4, 0.5) is 4.79 Å². The molecule has 2 atom stereocenters. The number of aryl methyl sites for hydroxylation is 3. The highest BCUT2D eigenvalue weighted by Crippen LogP contribution is 2.44. The van der Waals surface area contributed by atoms with Crippen LogP contribution in [0.1, 0.15) is 122 Å². The average molecular weight is 800 g/mol. The van der Waals surface area contributed by atoms with Crippen molar-refractivity contribution in [3.63, 3.8) is 0 Å². The third-order valence-corrected chi connectivity index (χ3v) is 11.2. The summed E-state index contributed by atoms with van der Waals surface area (Å²) in [7, 11) is 3.95. The second-order valence-electron chi connectivity index (χ2n) is 14.7. The van der Waals surface area contributed by atoms with Gasteiger partial charge in [-0.25, -0.2) is 14.6 Å². The monoisotopic (exact) mass is 799 g/mol. The van der Waals surface area contributed by atoms with E-state index in [4.69, 9.17) is 33.7 Å². The summed E-state index contributed by atoms with van der Waals surface area (Å²) in [6.45, 7) is 13.7. The quantitative estimate of drug-likeness (QED) is 0.0737. The molecule has 3 N–H and O–H groups in total. The minimum absolute atomic E-state index is 0.00779. The molecule has 8 bridgehead atoms. The first kappa shape index (κ1) is 43.6. The smallest absolute Gasteiger partial charge is 0.407 e. The second kappa shape index (κ2) is 19.8. The summed E-state index contributed by atoms with van der Waals surface area (Å²) in [6.07, 6.45) is 3.15. The summed E-state index contributed by atoms with van der Waals surface area (Å²) in [5, 5.41) is 2.83. The molecule has 0 saturated heterocycles. The van der Waals surface area contributed by atoms with E-state index >= 15 is 0 Å². The Morgan fingerprint density at radius 1 is 0.793 bits per heavy atom. The molecule has 5 rings (SSSR count). The Hall–Kier alpha value is -5.50. The van der Waals surface area contributed by atoms with E-state index in [1.54, 1.807) is 6.92 Å². The van der Waals surface area contributed by atoms with E-state index in [1.807, 2.05) is 39.0 Å². The maximum Gasteiger partial charge on any atom is 0.407 e. The number of amides is 1. The molecular weight excluding hydrogens is 743 g/mol. The van der Waals surface area contributed by atoms with Crippen LogP contribution in [0.25, 0.3) is 33.2 Å². The minimum Gasteiger partial charge on any atom is -0.469 e. The lowest BCUT2D eigenvalue weighted by atomic mass is 9.84. The van der Waals surface area contributed by atoms with Gasteiger partial charge in [-0.15, -0.1) is 0 Å². The van der Waals surface area contributed by atoms with Crippen LogP contribution >= 0.6 is 0 Å². The summed E-state index contributed by atoms with van der Waals surface area (Å²) in [5.41, 5.74) is 10.1. The molecule has 0 radical (unpaired) electrons. The molecule has 2 aliphatic heterocycles. The third-order valence-electron chi connectivity index (χ3n) is 11.2. The number of aromatic amines is 2. The van der Waals surface area contributed by atoms with Gasteiger partial charge < -0.3 is 39.0 Å². The van der Waals surface area contributed by atoms with Crippen molar-refractivity contribution in [2.75, 3.05) is 41.1 Å². The summed E-state index contributed by atoms with van der Waals surface area (Å²) in [5.74, 6) is -2.13. The van der Waals surface area contributed by atoms with Gasteiger partial charge in [-0.1, -0.05) is 27.2 Å². The molecular formula is C44H57N5O9. The first-order valence-corrected chi connectivity index (χ1v) is 20.0. The number of carbonyl (C=O) groups excluding carboxylic acids is 4. The van der Waals surface area contributed by atoms with Crippen molar-refractivity contribution < 1.29 is 42.9 Å². The molecule has 3 aromatic heterocycles. The Balaban J connectivity index is 1.77. The number of rotatable bonds is 16. The first-order valence-electron chi connectivity index (χ1n) is 20.0. The van der Waals surface area contributed by atoms with E-state index in [9.17, 15) is 19.2 Å². The van der Waals surface area contributed by atoms with Gasteiger partial charge in [0.15, 0.2) is 0 Å². The van der Waals surface area contributed by atoms with Crippen molar-refractivity contribution >= 4 is 57.2 Å². The first-order chi connectivity index (χ1) is 27.9. The second-order valence-corrected chi connectivity index (χ2v) is 14.7. The summed E-state index contributed by atoms with van der Waals surface area (Å²) in [4.78, 5) is 69.5. The number of carbonyl (C=O) groups is 4. The summed E-state index contributed by atoms with van der Waals surface area (Å²) < 4.78 is 26.8. The van der Waals surface area contributed by atoms with Crippen LogP contribution in [-0.4, -0.2) is 85.0 Å². The molecule has 3 aromatic rings. The fraction of sp³-hybridized carbons (Fsp3) is 0.500. The average Bonchev–Trinajstić information content (AvgIpc) is 3.90. The van der Waals surface area contributed by atoms with Crippen LogP contribution in [0.2, 0.25) is 0 Å². The lowest BCUT2D eigenvalue weighted by molar-refractivity contribution is -0.141. The van der Waals surface area contributed by atoms with Crippen LogP contribution < -0.4 is 5.32 Å². The number of hydrogen-bond acceptors (Lipinski definition) is 11. The molecule has 312 valence electrons. The minimum atomic E-state index is -0.602. The van der Waals surface area contributed by atoms with Gasteiger partial charge in [0.25, 0.3) is 0 Å². The van der Waals surface area contributed by atoms with Crippen molar-refractivity contribution in [2.24, 2.45) is 0 Å². The zero-order valence-electron chi connectivity index (χ0n) is 35.2. The topological polar surface area (TPSA) is 184 Å². The van der Waals surface area contributed by atoms with E-state index in [0.29, 0.717) is 67.2 Å². The van der Waals surface area contributed by atoms with E-state index in [2.05, 4.69) is 29.1 Å². The van der Waals surface area contributed by atoms with E-state index in [0.717, 1.165) is 57.2 Å². The highest BCUT2D eigenvalue weighted by Gasteiger charge is 2.36. The number of unbranched alkanes of at least 4 members (excludes halogenated alkanes) is 1. The molecule has 2 aliphatic rings. The molecule has 0 aromatic carbocycles. The maximum absolute atomic E-state index is 13.6. The number of nitrogens with zero attached hydrogens (tertiary/aromatic N) is 2. The SMILES string of the molecule is CCCCOCCCNC(=O)OCc1c(C)c2cc3nc(c(CC(=O)OC)c4nc(cc5[nH]c(cc1[nH]2)c(C)c5CC)C(C)=C4C(=O)OC)[C@@H](CCC(=O)OC)[C@@H]3C. The van der Waals surface area contributed by atoms with E-state index in [1.165, 1.54) is 21.3 Å². The van der Waals surface area contributed by atoms with Gasteiger partial charge in [0.1, 0.15) is 6.61 Å². The largest absolute Gasteiger partial charge is 0.469 e. The van der Waals surface area contributed by atoms with Gasteiger partial charge in [-0.3, -0.25) is 14.6 Å². The number of ether oxygens (including phenoxy) is 5. The predicted molar refractivity (Wildman–Crippen MR) is 221 cm³/mol. The van der Waals surface area contributed by atoms with Crippen molar-refractivity contribution in [3.05, 3.63) is 68.8 Å². The van der Waals surface area contributed by atoms with Crippen LogP contribution in [0.3, 0.4) is 0 Å². The van der Waals surface area contributed by atoms with Gasteiger partial charge in [-0.05, 0) is 86.9 Å². The number of alkyl carbamates (subject to hydrolysis) is 1. The molecule has 0 aliphatic carbocycles. The lowest BCUT2D eigenvalue weighted by Gasteiger charge is -2.18. The van der Waals surface area contributed by atoms with Crippen LogP contribution in [0.5, 0.6) is 0 Å². The Morgan fingerprint density at radius 3 is 2.14 bits per heavy atom. The highest BCUT2D eigenvalue weighted by molar-refractivity contribution is 6.25. The molecule has 0 saturated carbocycles. The van der Waals surface area contributed by atoms with Crippen LogP contribution in [-0.2, 0) is 57.5 Å². The van der Waals surface area contributed by atoms with Gasteiger partial charge in [0, 0.05) is 76.9 Å². The third kappa shape index (κ3) is 9.61. The number of aromatic nitrogens is 4. The normalized spacial score (nSPS) is 15.0. The Morgan fingerprint density at radius 2 is 1.47 bits per heavy atom. The maximum atomic E-state index is 13.6.